The maximum absolute atomic E-state index is 13.3. The van der Waals surface area contributed by atoms with E-state index in [0.29, 0.717) is 35.9 Å². The van der Waals surface area contributed by atoms with Crippen molar-refractivity contribution in [1.82, 2.24) is 9.80 Å². The third-order valence-electron chi connectivity index (χ3n) is 5.98. The fourth-order valence-corrected chi connectivity index (χ4v) is 4.09. The van der Waals surface area contributed by atoms with Gasteiger partial charge in [0.05, 0.1) is 27.2 Å². The van der Waals surface area contributed by atoms with Crippen LogP contribution in [0.4, 0.5) is 4.39 Å². The first-order chi connectivity index (χ1) is 15.3. The number of carbonyl (C=O) groups is 2. The minimum atomic E-state index is -0.438. The van der Waals surface area contributed by atoms with E-state index in [0.717, 1.165) is 5.56 Å². The zero-order chi connectivity index (χ0) is 23.4. The van der Waals surface area contributed by atoms with E-state index in [9.17, 15) is 14.0 Å². The van der Waals surface area contributed by atoms with Crippen LogP contribution >= 0.6 is 0 Å². The summed E-state index contributed by atoms with van der Waals surface area (Å²) in [5.41, 5.74) is 1.20. The molecule has 1 aliphatic heterocycles. The van der Waals surface area contributed by atoms with Gasteiger partial charge in [-0.25, -0.2) is 4.39 Å². The van der Waals surface area contributed by atoms with Crippen molar-refractivity contribution in [3.63, 3.8) is 0 Å². The highest BCUT2D eigenvalue weighted by molar-refractivity contribution is 5.95. The van der Waals surface area contributed by atoms with Crippen molar-refractivity contribution >= 4 is 11.8 Å². The van der Waals surface area contributed by atoms with E-state index in [2.05, 4.69) is 0 Å². The summed E-state index contributed by atoms with van der Waals surface area (Å²) in [6.45, 7) is 3.06. The summed E-state index contributed by atoms with van der Waals surface area (Å²) >= 11 is 0. The molecule has 32 heavy (non-hydrogen) atoms. The van der Waals surface area contributed by atoms with Crippen molar-refractivity contribution < 1.29 is 28.2 Å². The maximum atomic E-state index is 13.3. The lowest BCUT2D eigenvalue weighted by Crippen LogP contribution is -2.36. The van der Waals surface area contributed by atoms with Crippen molar-refractivity contribution in [2.24, 2.45) is 5.92 Å². The summed E-state index contributed by atoms with van der Waals surface area (Å²) in [5, 5.41) is 0. The Labute approximate surface area is 187 Å². The SMILES string of the molecule is CCN(C)C(=O)C1CN(C(=O)c2ccc(F)cc2)CC1c1cc(OC)c(OC)c(OC)c1. The quantitative estimate of drug-likeness (QED) is 0.656. The summed E-state index contributed by atoms with van der Waals surface area (Å²) in [6, 6.07) is 9.08. The third kappa shape index (κ3) is 4.49. The van der Waals surface area contributed by atoms with Gasteiger partial charge in [-0.2, -0.15) is 0 Å². The van der Waals surface area contributed by atoms with Gasteiger partial charge in [0.25, 0.3) is 5.91 Å². The molecular weight excluding hydrogens is 415 g/mol. The second-order valence-electron chi connectivity index (χ2n) is 7.74. The standard InChI is InChI=1S/C24H29FN2O5/c1-6-26(2)24(29)19-14-27(23(28)15-7-9-17(25)10-8-15)13-18(19)16-11-20(30-3)22(32-5)21(12-16)31-4/h7-12,18-19H,6,13-14H2,1-5H3. The molecule has 0 radical (unpaired) electrons. The number of carbonyl (C=O) groups excluding carboxylic acids is 2. The molecule has 7 nitrogen and oxygen atoms in total. The Morgan fingerprint density at radius 3 is 2.12 bits per heavy atom. The molecule has 0 spiro atoms. The summed E-state index contributed by atoms with van der Waals surface area (Å²) in [7, 11) is 6.35. The minimum absolute atomic E-state index is 0.0411. The van der Waals surface area contributed by atoms with Gasteiger partial charge in [-0.15, -0.1) is 0 Å². The molecule has 2 aromatic rings. The van der Waals surface area contributed by atoms with Crippen LogP contribution in [-0.2, 0) is 4.79 Å². The molecule has 2 aromatic carbocycles. The van der Waals surface area contributed by atoms with Crippen LogP contribution in [0.15, 0.2) is 36.4 Å². The van der Waals surface area contributed by atoms with E-state index >= 15 is 0 Å². The lowest BCUT2D eigenvalue weighted by Gasteiger charge is -2.24. The Kier molecular flexibility index (Phi) is 7.22. The summed E-state index contributed by atoms with van der Waals surface area (Å²) in [6.07, 6.45) is 0. The number of halogens is 1. The summed E-state index contributed by atoms with van der Waals surface area (Å²) in [5.74, 6) is 0.0418. The summed E-state index contributed by atoms with van der Waals surface area (Å²) in [4.78, 5) is 29.6. The molecule has 1 fully saturated rings. The van der Waals surface area contributed by atoms with Gasteiger partial charge in [0.1, 0.15) is 5.82 Å². The Bertz CT molecular complexity index is 954. The highest BCUT2D eigenvalue weighted by Gasteiger charge is 2.42. The zero-order valence-corrected chi connectivity index (χ0v) is 19.1. The zero-order valence-electron chi connectivity index (χ0n) is 19.1. The van der Waals surface area contributed by atoms with Crippen LogP contribution < -0.4 is 14.2 Å². The van der Waals surface area contributed by atoms with Crippen molar-refractivity contribution in [3.8, 4) is 17.2 Å². The largest absolute Gasteiger partial charge is 0.493 e. The molecular formula is C24H29FN2O5. The molecule has 0 aromatic heterocycles. The van der Waals surface area contributed by atoms with Gasteiger partial charge in [-0.05, 0) is 48.9 Å². The van der Waals surface area contributed by atoms with Gasteiger partial charge in [0, 0.05) is 38.2 Å². The van der Waals surface area contributed by atoms with E-state index in [1.54, 1.807) is 16.8 Å². The number of benzene rings is 2. The fourth-order valence-electron chi connectivity index (χ4n) is 4.09. The van der Waals surface area contributed by atoms with Crippen molar-refractivity contribution in [1.29, 1.82) is 0 Å². The van der Waals surface area contributed by atoms with E-state index < -0.39 is 11.7 Å². The van der Waals surface area contributed by atoms with E-state index in [1.165, 1.54) is 45.6 Å². The molecule has 1 aliphatic rings. The first-order valence-corrected chi connectivity index (χ1v) is 10.4. The molecule has 2 unspecified atom stereocenters. The van der Waals surface area contributed by atoms with Gasteiger partial charge < -0.3 is 24.0 Å². The molecule has 0 saturated carbocycles. The number of likely N-dealkylation sites (tertiary alicyclic amines) is 1. The van der Waals surface area contributed by atoms with Crippen LogP contribution in [0.3, 0.4) is 0 Å². The molecule has 8 heteroatoms. The number of methoxy groups -OCH3 is 3. The number of nitrogens with zero attached hydrogens (tertiary/aromatic N) is 2. The monoisotopic (exact) mass is 444 g/mol. The Morgan fingerprint density at radius 2 is 1.62 bits per heavy atom. The average Bonchev–Trinajstić information content (AvgIpc) is 3.27. The number of hydrogen-bond acceptors (Lipinski definition) is 5. The first-order valence-electron chi connectivity index (χ1n) is 10.4. The third-order valence-corrected chi connectivity index (χ3v) is 5.98. The van der Waals surface area contributed by atoms with Crippen LogP contribution in [0, 0.1) is 11.7 Å². The Balaban J connectivity index is 2.00. The Morgan fingerprint density at radius 1 is 1.03 bits per heavy atom. The normalized spacial score (nSPS) is 17.8. The topological polar surface area (TPSA) is 68.3 Å². The predicted octanol–water partition coefficient (Wildman–Crippen LogP) is 3.19. The number of hydrogen-bond donors (Lipinski definition) is 0. The molecule has 0 N–H and O–H groups in total. The highest BCUT2D eigenvalue weighted by atomic mass is 19.1. The summed E-state index contributed by atoms with van der Waals surface area (Å²) < 4.78 is 29.7. The second kappa shape index (κ2) is 9.89. The van der Waals surface area contributed by atoms with Crippen molar-refractivity contribution in [2.75, 3.05) is 48.0 Å². The molecule has 0 aliphatic carbocycles. The van der Waals surface area contributed by atoms with E-state index in [4.69, 9.17) is 14.2 Å². The Hall–Kier alpha value is -3.29. The van der Waals surface area contributed by atoms with E-state index in [1.807, 2.05) is 19.1 Å². The molecule has 1 heterocycles. The first kappa shape index (κ1) is 23.4. The number of amides is 2. The average molecular weight is 445 g/mol. The molecule has 0 bridgehead atoms. The molecule has 2 amide bonds. The van der Waals surface area contributed by atoms with Crippen LogP contribution in [0.2, 0.25) is 0 Å². The molecule has 3 rings (SSSR count). The predicted molar refractivity (Wildman–Crippen MR) is 118 cm³/mol. The molecule has 172 valence electrons. The lowest BCUT2D eigenvalue weighted by atomic mass is 9.87. The van der Waals surface area contributed by atoms with Crippen LogP contribution in [0.5, 0.6) is 17.2 Å². The van der Waals surface area contributed by atoms with Gasteiger partial charge in [0.2, 0.25) is 11.7 Å². The lowest BCUT2D eigenvalue weighted by molar-refractivity contribution is -0.133. The molecule has 1 saturated heterocycles. The van der Waals surface area contributed by atoms with Crippen molar-refractivity contribution in [3.05, 3.63) is 53.3 Å². The van der Waals surface area contributed by atoms with Crippen LogP contribution in [-0.4, -0.2) is 69.6 Å². The van der Waals surface area contributed by atoms with Crippen LogP contribution in [0.25, 0.3) is 0 Å². The van der Waals surface area contributed by atoms with Gasteiger partial charge >= 0.3 is 0 Å². The maximum Gasteiger partial charge on any atom is 0.253 e. The highest BCUT2D eigenvalue weighted by Crippen LogP contribution is 2.43. The van der Waals surface area contributed by atoms with Crippen molar-refractivity contribution in [2.45, 2.75) is 12.8 Å². The molecule has 2 atom stereocenters. The van der Waals surface area contributed by atoms with Gasteiger partial charge in [-0.3, -0.25) is 9.59 Å². The minimum Gasteiger partial charge on any atom is -0.493 e. The van der Waals surface area contributed by atoms with Gasteiger partial charge in [-0.1, -0.05) is 0 Å². The number of ether oxygens (including phenoxy) is 3. The smallest absolute Gasteiger partial charge is 0.253 e. The fraction of sp³-hybridized carbons (Fsp3) is 0.417. The van der Waals surface area contributed by atoms with Crippen LogP contribution in [0.1, 0.15) is 28.8 Å². The second-order valence-corrected chi connectivity index (χ2v) is 7.74. The van der Waals surface area contributed by atoms with Gasteiger partial charge in [0.15, 0.2) is 11.5 Å². The number of rotatable bonds is 7. The van der Waals surface area contributed by atoms with E-state index in [-0.39, 0.29) is 24.3 Å².